The molecule has 2 aromatic rings. The van der Waals surface area contributed by atoms with E-state index in [1.807, 2.05) is 6.20 Å². The molecule has 1 aliphatic heterocycles. The third-order valence-electron chi connectivity index (χ3n) is 3.93. The van der Waals surface area contributed by atoms with E-state index in [0.29, 0.717) is 12.0 Å². The maximum Gasteiger partial charge on any atom is 0.0653 e. The molecular weight excluding hydrogens is 210 g/mol. The van der Waals surface area contributed by atoms with Crippen molar-refractivity contribution >= 4 is 10.9 Å². The fraction of sp³-hybridized carbons (Fsp3) is 0.500. The average Bonchev–Trinajstić information content (AvgIpc) is 2.76. The van der Waals surface area contributed by atoms with E-state index in [2.05, 4.69) is 41.5 Å². The van der Waals surface area contributed by atoms with Crippen LogP contribution in [-0.2, 0) is 0 Å². The highest BCUT2D eigenvalue weighted by Crippen LogP contribution is 2.30. The minimum atomic E-state index is 0.652. The first-order valence-corrected chi connectivity index (χ1v) is 6.41. The summed E-state index contributed by atoms with van der Waals surface area (Å²) in [7, 11) is 0. The molecule has 0 bridgehead atoms. The Hall–Kier alpha value is -1.35. The van der Waals surface area contributed by atoms with Crippen LogP contribution >= 0.6 is 0 Å². The SMILES string of the molecule is Cc1cc2cn[nH]c2cc1C1CCC(C)NC1. The summed E-state index contributed by atoms with van der Waals surface area (Å²) in [5, 5.41) is 11.9. The van der Waals surface area contributed by atoms with Gasteiger partial charge in [0.2, 0.25) is 0 Å². The minimum absolute atomic E-state index is 0.652. The fourth-order valence-electron chi connectivity index (χ4n) is 2.83. The molecule has 0 spiro atoms. The van der Waals surface area contributed by atoms with Gasteiger partial charge in [0, 0.05) is 18.0 Å². The van der Waals surface area contributed by atoms with Gasteiger partial charge in [-0.25, -0.2) is 0 Å². The molecule has 2 heterocycles. The summed E-state index contributed by atoms with van der Waals surface area (Å²) in [5.41, 5.74) is 4.02. The molecule has 0 saturated carbocycles. The molecule has 3 rings (SSSR count). The first-order chi connectivity index (χ1) is 8.24. The van der Waals surface area contributed by atoms with E-state index in [4.69, 9.17) is 0 Å². The van der Waals surface area contributed by atoms with E-state index < -0.39 is 0 Å². The Morgan fingerprint density at radius 1 is 1.29 bits per heavy atom. The molecule has 3 heteroatoms. The first-order valence-electron chi connectivity index (χ1n) is 6.41. The van der Waals surface area contributed by atoms with Crippen LogP contribution in [0, 0.1) is 6.92 Å². The van der Waals surface area contributed by atoms with Gasteiger partial charge in [-0.2, -0.15) is 5.10 Å². The average molecular weight is 229 g/mol. The summed E-state index contributed by atoms with van der Waals surface area (Å²) in [6.07, 6.45) is 4.45. The third-order valence-corrected chi connectivity index (χ3v) is 3.93. The lowest BCUT2D eigenvalue weighted by Gasteiger charge is -2.29. The molecule has 17 heavy (non-hydrogen) atoms. The number of hydrogen-bond acceptors (Lipinski definition) is 2. The second kappa shape index (κ2) is 4.15. The molecule has 2 unspecified atom stereocenters. The second-order valence-corrected chi connectivity index (χ2v) is 5.25. The zero-order chi connectivity index (χ0) is 11.8. The molecule has 2 atom stereocenters. The number of aromatic nitrogens is 2. The quantitative estimate of drug-likeness (QED) is 0.789. The van der Waals surface area contributed by atoms with Crippen molar-refractivity contribution < 1.29 is 0 Å². The molecule has 2 N–H and O–H groups in total. The molecule has 0 amide bonds. The van der Waals surface area contributed by atoms with E-state index in [0.717, 1.165) is 12.1 Å². The zero-order valence-corrected chi connectivity index (χ0v) is 10.5. The van der Waals surface area contributed by atoms with Crippen LogP contribution in [0.1, 0.15) is 36.8 Å². The van der Waals surface area contributed by atoms with Crippen molar-refractivity contribution in [2.75, 3.05) is 6.54 Å². The van der Waals surface area contributed by atoms with Gasteiger partial charge in [-0.3, -0.25) is 5.10 Å². The Bertz CT molecular complexity index is 521. The van der Waals surface area contributed by atoms with Crippen LogP contribution in [0.3, 0.4) is 0 Å². The lowest BCUT2D eigenvalue weighted by molar-refractivity contribution is 0.384. The standard InChI is InChI=1S/C14H19N3/c1-9-5-12-8-16-17-14(12)6-13(9)11-4-3-10(2)15-7-11/h5-6,8,10-11,15H,3-4,7H2,1-2H3,(H,16,17). The summed E-state index contributed by atoms with van der Waals surface area (Å²) in [5.74, 6) is 0.652. The third kappa shape index (κ3) is 1.95. The highest BCUT2D eigenvalue weighted by molar-refractivity contribution is 5.79. The number of benzene rings is 1. The van der Waals surface area contributed by atoms with Crippen LogP contribution < -0.4 is 5.32 Å². The van der Waals surface area contributed by atoms with Crippen molar-refractivity contribution in [3.05, 3.63) is 29.5 Å². The van der Waals surface area contributed by atoms with Gasteiger partial charge >= 0.3 is 0 Å². The number of aromatic amines is 1. The van der Waals surface area contributed by atoms with E-state index in [1.54, 1.807) is 0 Å². The molecule has 1 aromatic carbocycles. The Morgan fingerprint density at radius 2 is 2.18 bits per heavy atom. The predicted octanol–water partition coefficient (Wildman–Crippen LogP) is 2.73. The number of nitrogens with zero attached hydrogens (tertiary/aromatic N) is 1. The van der Waals surface area contributed by atoms with Crippen LogP contribution in [0.5, 0.6) is 0 Å². The number of rotatable bonds is 1. The highest BCUT2D eigenvalue weighted by atomic mass is 15.1. The number of aryl methyl sites for hydroxylation is 1. The van der Waals surface area contributed by atoms with Gasteiger partial charge in [0.05, 0.1) is 11.7 Å². The van der Waals surface area contributed by atoms with E-state index in [9.17, 15) is 0 Å². The molecule has 3 nitrogen and oxygen atoms in total. The Kier molecular flexibility index (Phi) is 2.63. The van der Waals surface area contributed by atoms with Crippen LogP contribution in [0.15, 0.2) is 18.3 Å². The molecule has 0 radical (unpaired) electrons. The number of nitrogens with one attached hydrogen (secondary N) is 2. The van der Waals surface area contributed by atoms with E-state index in [-0.39, 0.29) is 0 Å². The predicted molar refractivity (Wildman–Crippen MR) is 70.3 cm³/mol. The van der Waals surface area contributed by atoms with E-state index in [1.165, 1.54) is 29.4 Å². The van der Waals surface area contributed by atoms with Gasteiger partial charge in [-0.1, -0.05) is 0 Å². The van der Waals surface area contributed by atoms with Crippen LogP contribution in [0.4, 0.5) is 0 Å². The van der Waals surface area contributed by atoms with Gasteiger partial charge in [0.1, 0.15) is 0 Å². The number of H-pyrrole nitrogens is 1. The van der Waals surface area contributed by atoms with Gasteiger partial charge < -0.3 is 5.32 Å². The minimum Gasteiger partial charge on any atom is -0.314 e. The molecular formula is C14H19N3. The monoisotopic (exact) mass is 229 g/mol. The summed E-state index contributed by atoms with van der Waals surface area (Å²) in [6, 6.07) is 5.19. The summed E-state index contributed by atoms with van der Waals surface area (Å²) in [4.78, 5) is 0. The fourth-order valence-corrected chi connectivity index (χ4v) is 2.83. The molecule has 1 aromatic heterocycles. The summed E-state index contributed by atoms with van der Waals surface area (Å²) >= 11 is 0. The Labute approximate surface area is 102 Å². The lowest BCUT2D eigenvalue weighted by Crippen LogP contribution is -2.35. The van der Waals surface area contributed by atoms with Crippen molar-refractivity contribution in [1.82, 2.24) is 15.5 Å². The largest absolute Gasteiger partial charge is 0.314 e. The van der Waals surface area contributed by atoms with Gasteiger partial charge in [0.25, 0.3) is 0 Å². The number of hydrogen-bond donors (Lipinski definition) is 2. The van der Waals surface area contributed by atoms with Crippen molar-refractivity contribution in [1.29, 1.82) is 0 Å². The zero-order valence-electron chi connectivity index (χ0n) is 10.5. The van der Waals surface area contributed by atoms with Gasteiger partial charge in [0.15, 0.2) is 0 Å². The maximum atomic E-state index is 4.10. The van der Waals surface area contributed by atoms with Crippen LogP contribution in [-0.4, -0.2) is 22.8 Å². The number of fused-ring (bicyclic) bond motifs is 1. The molecule has 1 saturated heterocycles. The second-order valence-electron chi connectivity index (χ2n) is 5.25. The molecule has 1 aliphatic rings. The topological polar surface area (TPSA) is 40.7 Å². The van der Waals surface area contributed by atoms with Gasteiger partial charge in [-0.05, 0) is 55.9 Å². The molecule has 0 aliphatic carbocycles. The van der Waals surface area contributed by atoms with Crippen LogP contribution in [0.2, 0.25) is 0 Å². The lowest BCUT2D eigenvalue weighted by atomic mass is 9.86. The smallest absolute Gasteiger partial charge is 0.0653 e. The van der Waals surface area contributed by atoms with Crippen LogP contribution in [0.25, 0.3) is 10.9 Å². The molecule has 90 valence electrons. The number of piperidine rings is 1. The maximum absolute atomic E-state index is 4.10. The summed E-state index contributed by atoms with van der Waals surface area (Å²) < 4.78 is 0. The Morgan fingerprint density at radius 3 is 2.94 bits per heavy atom. The van der Waals surface area contributed by atoms with Crippen molar-refractivity contribution in [3.63, 3.8) is 0 Å². The van der Waals surface area contributed by atoms with Gasteiger partial charge in [-0.15, -0.1) is 0 Å². The van der Waals surface area contributed by atoms with Crippen molar-refractivity contribution in [3.8, 4) is 0 Å². The van der Waals surface area contributed by atoms with Crippen molar-refractivity contribution in [2.24, 2.45) is 0 Å². The summed E-state index contributed by atoms with van der Waals surface area (Å²) in [6.45, 7) is 5.57. The van der Waals surface area contributed by atoms with Crippen molar-refractivity contribution in [2.45, 2.75) is 38.6 Å². The van der Waals surface area contributed by atoms with E-state index >= 15 is 0 Å². The Balaban J connectivity index is 1.96. The normalized spacial score (nSPS) is 25.3. The highest BCUT2D eigenvalue weighted by Gasteiger charge is 2.20. The molecule has 1 fully saturated rings. The first kappa shape index (κ1) is 10.8.